The zero-order valence-corrected chi connectivity index (χ0v) is 10.1. The number of amides is 1. The summed E-state index contributed by atoms with van der Waals surface area (Å²) in [7, 11) is 4.54. The highest BCUT2D eigenvalue weighted by atomic mass is 16.1. The summed E-state index contributed by atoms with van der Waals surface area (Å²) in [4.78, 5) is 11.0. The molecule has 0 aromatic rings. The van der Waals surface area contributed by atoms with E-state index in [4.69, 9.17) is 0 Å². The topological polar surface area (TPSA) is 29.1 Å². The van der Waals surface area contributed by atoms with Gasteiger partial charge in [0.15, 0.2) is 0 Å². The molecule has 3 nitrogen and oxygen atoms in total. The van der Waals surface area contributed by atoms with Gasteiger partial charge in [-0.3, -0.25) is 4.79 Å². The van der Waals surface area contributed by atoms with E-state index in [0.29, 0.717) is 6.04 Å². The van der Waals surface area contributed by atoms with Crippen LogP contribution < -0.4 is 5.32 Å². The van der Waals surface area contributed by atoms with Crippen LogP contribution in [0.5, 0.6) is 0 Å². The number of nitrogens with zero attached hydrogens (tertiary/aromatic N) is 1. The first kappa shape index (κ1) is 11.5. The fourth-order valence-corrected chi connectivity index (χ4v) is 2.14. The summed E-state index contributed by atoms with van der Waals surface area (Å²) >= 11 is 0. The minimum absolute atomic E-state index is 0.0954. The lowest BCUT2D eigenvalue weighted by Crippen LogP contribution is -2.63. The monoisotopic (exact) mass is 199 g/mol. The van der Waals surface area contributed by atoms with Crippen molar-refractivity contribution in [3.8, 4) is 0 Å². The molecule has 1 unspecified atom stereocenters. The molecule has 1 fully saturated rings. The van der Waals surface area contributed by atoms with E-state index in [1.165, 1.54) is 0 Å². The number of carbonyl (C=O) groups excluding carboxylic acids is 1. The van der Waals surface area contributed by atoms with Gasteiger partial charge in [-0.05, 0) is 13.8 Å². The van der Waals surface area contributed by atoms with Crippen LogP contribution in [0.1, 0.15) is 33.6 Å². The highest BCUT2D eigenvalue weighted by molar-refractivity contribution is 5.73. The first-order valence-corrected chi connectivity index (χ1v) is 5.35. The van der Waals surface area contributed by atoms with Crippen molar-refractivity contribution < 1.29 is 9.28 Å². The molecular formula is C11H23N2O+. The summed E-state index contributed by atoms with van der Waals surface area (Å²) in [5.41, 5.74) is 0.255. The van der Waals surface area contributed by atoms with E-state index in [9.17, 15) is 4.79 Å². The van der Waals surface area contributed by atoms with Gasteiger partial charge in [-0.25, -0.2) is 0 Å². The summed E-state index contributed by atoms with van der Waals surface area (Å²) in [6, 6.07) is 0.369. The van der Waals surface area contributed by atoms with Crippen LogP contribution in [0, 0.1) is 0 Å². The Bertz CT molecular complexity index is 233. The van der Waals surface area contributed by atoms with Crippen molar-refractivity contribution in [2.45, 2.75) is 45.2 Å². The summed E-state index contributed by atoms with van der Waals surface area (Å²) in [6.45, 7) is 7.29. The van der Waals surface area contributed by atoms with E-state index in [1.807, 2.05) is 0 Å². The number of carbonyl (C=O) groups is 1. The average molecular weight is 199 g/mol. The molecule has 1 saturated heterocycles. The molecule has 1 atom stereocenters. The molecule has 1 N–H and O–H groups in total. The number of hydrogen-bond donors (Lipinski definition) is 1. The zero-order valence-electron chi connectivity index (χ0n) is 10.1. The van der Waals surface area contributed by atoms with Crippen LogP contribution in [0.2, 0.25) is 0 Å². The number of rotatable bonds is 1. The molecule has 3 heteroatoms. The summed E-state index contributed by atoms with van der Waals surface area (Å²) in [5, 5.41) is 3.03. The predicted octanol–water partition coefficient (Wildman–Crippen LogP) is 1.14. The van der Waals surface area contributed by atoms with E-state index >= 15 is 0 Å². The van der Waals surface area contributed by atoms with Gasteiger partial charge < -0.3 is 9.80 Å². The van der Waals surface area contributed by atoms with Crippen LogP contribution in [0.15, 0.2) is 0 Å². The Balaban J connectivity index is 2.63. The standard InChI is InChI=1S/C11H22N2O/c1-9(14)12-10-6-7-13(4,5)11(2,3)8-10/h10H,6-8H2,1-5H3/p+1. The van der Waals surface area contributed by atoms with E-state index in [1.54, 1.807) is 6.92 Å². The second-order valence-electron chi connectivity index (χ2n) is 5.61. The van der Waals surface area contributed by atoms with Crippen molar-refractivity contribution >= 4 is 5.91 Å². The van der Waals surface area contributed by atoms with Crippen molar-refractivity contribution in [3.05, 3.63) is 0 Å². The first-order valence-electron chi connectivity index (χ1n) is 5.35. The van der Waals surface area contributed by atoms with Gasteiger partial charge in [0, 0.05) is 25.8 Å². The quantitative estimate of drug-likeness (QED) is 0.630. The Morgan fingerprint density at radius 2 is 2.00 bits per heavy atom. The lowest BCUT2D eigenvalue weighted by atomic mass is 9.85. The molecule has 1 rings (SSSR count). The van der Waals surface area contributed by atoms with Crippen LogP contribution >= 0.6 is 0 Å². The predicted molar refractivity (Wildman–Crippen MR) is 57.9 cm³/mol. The van der Waals surface area contributed by atoms with Crippen molar-refractivity contribution in [3.63, 3.8) is 0 Å². The van der Waals surface area contributed by atoms with E-state index in [-0.39, 0.29) is 11.4 Å². The molecule has 1 amide bonds. The maximum atomic E-state index is 11.0. The number of piperidine rings is 1. The van der Waals surface area contributed by atoms with Gasteiger partial charge in [0.2, 0.25) is 5.91 Å². The van der Waals surface area contributed by atoms with Gasteiger partial charge >= 0.3 is 0 Å². The highest BCUT2D eigenvalue weighted by Crippen LogP contribution is 2.31. The van der Waals surface area contributed by atoms with E-state index < -0.39 is 0 Å². The number of hydrogen-bond acceptors (Lipinski definition) is 1. The molecule has 0 spiro atoms. The summed E-state index contributed by atoms with van der Waals surface area (Å²) in [6.07, 6.45) is 2.16. The third-order valence-corrected chi connectivity index (χ3v) is 3.83. The third kappa shape index (κ3) is 2.27. The minimum atomic E-state index is 0.0954. The maximum Gasteiger partial charge on any atom is 0.217 e. The molecular weight excluding hydrogens is 176 g/mol. The molecule has 0 aromatic carbocycles. The molecule has 1 heterocycles. The minimum Gasteiger partial charge on any atom is -0.353 e. The molecule has 1 aliphatic heterocycles. The fraction of sp³-hybridized carbons (Fsp3) is 0.909. The molecule has 0 saturated carbocycles. The SMILES string of the molecule is CC(=O)NC1CC[N+](C)(C)C(C)(C)C1. The van der Waals surface area contributed by atoms with Crippen LogP contribution in [-0.2, 0) is 4.79 Å². The van der Waals surface area contributed by atoms with Gasteiger partial charge in [-0.1, -0.05) is 0 Å². The third-order valence-electron chi connectivity index (χ3n) is 3.83. The molecule has 0 aliphatic carbocycles. The van der Waals surface area contributed by atoms with Crippen molar-refractivity contribution in [1.82, 2.24) is 5.32 Å². The average Bonchev–Trinajstić information content (AvgIpc) is 1.96. The summed E-state index contributed by atoms with van der Waals surface area (Å²) in [5.74, 6) is 0.0954. The maximum absolute atomic E-state index is 11.0. The van der Waals surface area contributed by atoms with Crippen molar-refractivity contribution in [1.29, 1.82) is 0 Å². The van der Waals surface area contributed by atoms with Crippen LogP contribution in [-0.4, -0.2) is 42.6 Å². The van der Waals surface area contributed by atoms with Crippen LogP contribution in [0.25, 0.3) is 0 Å². The second kappa shape index (κ2) is 3.54. The van der Waals surface area contributed by atoms with Crippen molar-refractivity contribution in [2.24, 2.45) is 0 Å². The lowest BCUT2D eigenvalue weighted by Gasteiger charge is -2.50. The molecule has 82 valence electrons. The Morgan fingerprint density at radius 1 is 1.43 bits per heavy atom. The number of quaternary nitrogens is 1. The van der Waals surface area contributed by atoms with E-state index in [0.717, 1.165) is 23.9 Å². The first-order chi connectivity index (χ1) is 6.24. The summed E-state index contributed by atoms with van der Waals surface area (Å²) < 4.78 is 1.04. The van der Waals surface area contributed by atoms with E-state index in [2.05, 4.69) is 33.3 Å². The molecule has 0 aromatic heterocycles. The fourth-order valence-electron chi connectivity index (χ4n) is 2.14. The van der Waals surface area contributed by atoms with Gasteiger partial charge in [-0.2, -0.15) is 0 Å². The lowest BCUT2D eigenvalue weighted by molar-refractivity contribution is -0.943. The molecule has 0 bridgehead atoms. The normalized spacial score (nSPS) is 29.6. The van der Waals surface area contributed by atoms with Gasteiger partial charge in [0.1, 0.15) is 0 Å². The second-order valence-corrected chi connectivity index (χ2v) is 5.61. The van der Waals surface area contributed by atoms with Gasteiger partial charge in [0.25, 0.3) is 0 Å². The van der Waals surface area contributed by atoms with Crippen LogP contribution in [0.3, 0.4) is 0 Å². The molecule has 0 radical (unpaired) electrons. The smallest absolute Gasteiger partial charge is 0.217 e. The number of nitrogens with one attached hydrogen (secondary N) is 1. The molecule has 1 aliphatic rings. The molecule has 14 heavy (non-hydrogen) atoms. The van der Waals surface area contributed by atoms with Gasteiger partial charge in [0.05, 0.1) is 26.2 Å². The largest absolute Gasteiger partial charge is 0.353 e. The highest BCUT2D eigenvalue weighted by Gasteiger charge is 2.42. The Morgan fingerprint density at radius 3 is 2.43 bits per heavy atom. The number of likely N-dealkylation sites (tertiary alicyclic amines) is 1. The zero-order chi connectivity index (χ0) is 11.0. The van der Waals surface area contributed by atoms with Crippen molar-refractivity contribution in [2.75, 3.05) is 20.6 Å². The Labute approximate surface area is 87.1 Å². The Hall–Kier alpha value is -0.570. The Kier molecular flexibility index (Phi) is 2.91. The van der Waals surface area contributed by atoms with Gasteiger partial charge in [-0.15, -0.1) is 0 Å². The van der Waals surface area contributed by atoms with Crippen LogP contribution in [0.4, 0.5) is 0 Å².